The normalized spacial score (nSPS) is 12.1. The first-order valence-electron chi connectivity index (χ1n) is 6.78. The second-order valence-electron chi connectivity index (χ2n) is 5.37. The molecule has 6 heteroatoms. The van der Waals surface area contributed by atoms with Gasteiger partial charge in [-0.2, -0.15) is 0 Å². The second-order valence-corrected chi connectivity index (χ2v) is 6.18. The zero-order valence-electron chi connectivity index (χ0n) is 12.4. The van der Waals surface area contributed by atoms with Gasteiger partial charge in [-0.05, 0) is 37.0 Å². The maximum Gasteiger partial charge on any atom is 0.315 e. The highest BCUT2D eigenvalue weighted by molar-refractivity contribution is 6.42. The minimum absolute atomic E-state index is 0.0478. The molecule has 0 heterocycles. The topological polar surface area (TPSA) is 58.2 Å². The molecule has 2 amide bonds. The maximum absolute atomic E-state index is 11.8. The van der Waals surface area contributed by atoms with Crippen LogP contribution in [0, 0.1) is 5.92 Å². The minimum atomic E-state index is -0.459. The van der Waals surface area contributed by atoms with E-state index in [1.807, 2.05) is 13.8 Å². The first-order valence-corrected chi connectivity index (χ1v) is 7.54. The molecule has 0 aliphatic carbocycles. The number of benzene rings is 1. The predicted molar refractivity (Wildman–Crippen MR) is 85.8 cm³/mol. The van der Waals surface area contributed by atoms with E-state index in [1.165, 1.54) is 6.92 Å². The molecule has 0 spiro atoms. The zero-order chi connectivity index (χ0) is 16.0. The molecule has 0 saturated heterocycles. The van der Waals surface area contributed by atoms with Crippen LogP contribution in [0.25, 0.3) is 0 Å². The smallest absolute Gasteiger partial charge is 0.315 e. The van der Waals surface area contributed by atoms with Crippen LogP contribution in [0.3, 0.4) is 0 Å². The van der Waals surface area contributed by atoms with E-state index in [9.17, 15) is 9.59 Å². The van der Waals surface area contributed by atoms with Crippen molar-refractivity contribution in [1.82, 2.24) is 10.6 Å². The van der Waals surface area contributed by atoms with Crippen LogP contribution in [0.2, 0.25) is 10.0 Å². The van der Waals surface area contributed by atoms with Crippen LogP contribution in [0.4, 0.5) is 4.79 Å². The largest absolute Gasteiger partial charge is 0.334 e. The van der Waals surface area contributed by atoms with Gasteiger partial charge in [-0.25, -0.2) is 4.79 Å². The van der Waals surface area contributed by atoms with Crippen molar-refractivity contribution in [2.45, 2.75) is 39.8 Å². The number of urea groups is 1. The molecule has 1 aromatic rings. The number of halogens is 2. The quantitative estimate of drug-likeness (QED) is 0.833. The number of ketones is 1. The summed E-state index contributed by atoms with van der Waals surface area (Å²) in [7, 11) is 0. The third kappa shape index (κ3) is 6.36. The number of amides is 2. The molecule has 4 nitrogen and oxygen atoms in total. The van der Waals surface area contributed by atoms with Crippen molar-refractivity contribution in [2.75, 3.05) is 0 Å². The monoisotopic (exact) mass is 330 g/mol. The van der Waals surface area contributed by atoms with Crippen molar-refractivity contribution in [3.63, 3.8) is 0 Å². The number of hydrogen-bond acceptors (Lipinski definition) is 2. The summed E-state index contributed by atoms with van der Waals surface area (Å²) in [5.41, 5.74) is 0.836. The van der Waals surface area contributed by atoms with Gasteiger partial charge in [0.25, 0.3) is 0 Å². The number of rotatable bonds is 6. The molecule has 0 saturated carbocycles. The summed E-state index contributed by atoms with van der Waals surface area (Å²) in [6, 6.07) is 4.32. The lowest BCUT2D eigenvalue weighted by atomic mass is 10.0. The average molecular weight is 331 g/mol. The lowest BCUT2D eigenvalue weighted by Gasteiger charge is -2.18. The highest BCUT2D eigenvalue weighted by atomic mass is 35.5. The molecule has 1 rings (SSSR count). The summed E-state index contributed by atoms with van der Waals surface area (Å²) >= 11 is 11.7. The molecule has 116 valence electrons. The molecule has 0 aromatic heterocycles. The number of Topliss-reactive ketones (excluding diaryl/α,β-unsaturated/α-hetero) is 1. The molecule has 0 bridgehead atoms. The van der Waals surface area contributed by atoms with Crippen LogP contribution in [-0.2, 0) is 11.3 Å². The van der Waals surface area contributed by atoms with Gasteiger partial charge in [0.2, 0.25) is 0 Å². The van der Waals surface area contributed by atoms with Crippen molar-refractivity contribution in [3.05, 3.63) is 33.8 Å². The number of nitrogens with one attached hydrogen (secondary N) is 2. The van der Waals surface area contributed by atoms with Crippen LogP contribution >= 0.6 is 23.2 Å². The second kappa shape index (κ2) is 8.25. The van der Waals surface area contributed by atoms with E-state index in [4.69, 9.17) is 23.2 Å². The standard InChI is InChI=1S/C15H20Cl2N2O2/c1-9(2)6-14(10(3)20)19-15(21)18-8-11-4-5-12(16)13(17)7-11/h4-5,7,9,14H,6,8H2,1-3H3,(H2,18,19,21)/t14-/m0/s1. The molecular formula is C15H20Cl2N2O2. The van der Waals surface area contributed by atoms with Gasteiger partial charge in [0.05, 0.1) is 16.1 Å². The molecule has 21 heavy (non-hydrogen) atoms. The first kappa shape index (κ1) is 17.8. The van der Waals surface area contributed by atoms with E-state index in [0.29, 0.717) is 28.9 Å². The van der Waals surface area contributed by atoms with E-state index in [1.54, 1.807) is 18.2 Å². The van der Waals surface area contributed by atoms with Gasteiger partial charge in [-0.15, -0.1) is 0 Å². The Morgan fingerprint density at radius 3 is 2.38 bits per heavy atom. The third-order valence-corrected chi connectivity index (χ3v) is 3.68. The summed E-state index contributed by atoms with van der Waals surface area (Å²) in [4.78, 5) is 23.3. The van der Waals surface area contributed by atoms with Gasteiger partial charge >= 0.3 is 6.03 Å². The van der Waals surface area contributed by atoms with Crippen LogP contribution in [-0.4, -0.2) is 17.9 Å². The molecule has 0 fully saturated rings. The van der Waals surface area contributed by atoms with Gasteiger partial charge < -0.3 is 10.6 Å². The highest BCUT2D eigenvalue weighted by Gasteiger charge is 2.18. The Morgan fingerprint density at radius 2 is 1.86 bits per heavy atom. The van der Waals surface area contributed by atoms with Crippen LogP contribution < -0.4 is 10.6 Å². The van der Waals surface area contributed by atoms with Crippen LogP contribution in [0.15, 0.2) is 18.2 Å². The fraction of sp³-hybridized carbons (Fsp3) is 0.467. The maximum atomic E-state index is 11.8. The SMILES string of the molecule is CC(=O)[C@H](CC(C)C)NC(=O)NCc1ccc(Cl)c(Cl)c1. The van der Waals surface area contributed by atoms with Gasteiger partial charge in [0.1, 0.15) is 0 Å². The van der Waals surface area contributed by atoms with Gasteiger partial charge in [-0.3, -0.25) is 4.79 Å². The average Bonchev–Trinajstić information content (AvgIpc) is 2.38. The molecular weight excluding hydrogens is 311 g/mol. The molecule has 2 N–H and O–H groups in total. The molecule has 0 aliphatic rings. The predicted octanol–water partition coefficient (Wildman–Crippen LogP) is 3.80. The molecule has 0 aliphatic heterocycles. The number of carbonyl (C=O) groups is 2. The molecule has 1 atom stereocenters. The Bertz CT molecular complexity index is 518. The molecule has 1 aromatic carbocycles. The Kier molecular flexibility index (Phi) is 6.99. The Balaban J connectivity index is 2.52. The van der Waals surface area contributed by atoms with Gasteiger partial charge in [0.15, 0.2) is 5.78 Å². The molecule has 0 radical (unpaired) electrons. The van der Waals surface area contributed by atoms with Crippen molar-refractivity contribution in [3.8, 4) is 0 Å². The summed E-state index contributed by atoms with van der Waals surface area (Å²) in [5, 5.41) is 6.30. The summed E-state index contributed by atoms with van der Waals surface area (Å²) in [5.74, 6) is 0.280. The Labute approximate surface area is 135 Å². The van der Waals surface area contributed by atoms with Gasteiger partial charge in [-0.1, -0.05) is 43.1 Å². The summed E-state index contributed by atoms with van der Waals surface area (Å²) in [6.45, 7) is 5.80. The fourth-order valence-electron chi connectivity index (χ4n) is 1.84. The van der Waals surface area contributed by atoms with E-state index < -0.39 is 6.04 Å². The molecule has 0 unspecified atom stereocenters. The minimum Gasteiger partial charge on any atom is -0.334 e. The lowest BCUT2D eigenvalue weighted by molar-refractivity contribution is -0.119. The third-order valence-electron chi connectivity index (χ3n) is 2.94. The van der Waals surface area contributed by atoms with Crippen LogP contribution in [0.1, 0.15) is 32.8 Å². The van der Waals surface area contributed by atoms with Crippen molar-refractivity contribution >= 4 is 35.0 Å². The van der Waals surface area contributed by atoms with Crippen molar-refractivity contribution < 1.29 is 9.59 Å². The number of carbonyl (C=O) groups excluding carboxylic acids is 2. The zero-order valence-corrected chi connectivity index (χ0v) is 13.9. The van der Waals surface area contributed by atoms with E-state index in [0.717, 1.165) is 5.56 Å². The highest BCUT2D eigenvalue weighted by Crippen LogP contribution is 2.22. The summed E-state index contributed by atoms with van der Waals surface area (Å²) in [6.07, 6.45) is 0.621. The van der Waals surface area contributed by atoms with Crippen molar-refractivity contribution in [2.24, 2.45) is 5.92 Å². The van der Waals surface area contributed by atoms with E-state index >= 15 is 0 Å². The first-order chi connectivity index (χ1) is 9.79. The Hall–Kier alpha value is -1.26. The van der Waals surface area contributed by atoms with Crippen molar-refractivity contribution in [1.29, 1.82) is 0 Å². The van der Waals surface area contributed by atoms with E-state index in [-0.39, 0.29) is 11.8 Å². The fourth-order valence-corrected chi connectivity index (χ4v) is 2.16. The Morgan fingerprint density at radius 1 is 1.19 bits per heavy atom. The van der Waals surface area contributed by atoms with E-state index in [2.05, 4.69) is 10.6 Å². The van der Waals surface area contributed by atoms with Crippen LogP contribution in [0.5, 0.6) is 0 Å². The lowest BCUT2D eigenvalue weighted by Crippen LogP contribution is -2.45. The number of hydrogen-bond donors (Lipinski definition) is 2. The summed E-state index contributed by atoms with van der Waals surface area (Å²) < 4.78 is 0. The van der Waals surface area contributed by atoms with Gasteiger partial charge in [0, 0.05) is 6.54 Å².